The molecule has 78 valence electrons. The van der Waals surface area contributed by atoms with Crippen LogP contribution < -0.4 is 34.3 Å². The zero-order chi connectivity index (χ0) is 10.8. The van der Waals surface area contributed by atoms with Gasteiger partial charge in [-0.1, -0.05) is 12.1 Å². The minimum Gasteiger partial charge on any atom is -0.746 e. The number of hydrogen-bond acceptors (Lipinski definition) is 5. The van der Waals surface area contributed by atoms with Crippen LogP contribution in [-0.4, -0.2) is 25.2 Å². The molecule has 15 heavy (non-hydrogen) atoms. The molecule has 0 aliphatic rings. The number of aliphatic hydroxyl groups excluding tert-OH is 1. The summed E-state index contributed by atoms with van der Waals surface area (Å²) in [5, 5.41) is 9.12. The Bertz CT molecular complexity index is 417. The Morgan fingerprint density at radius 3 is 2.53 bits per heavy atom. The second-order valence-electron chi connectivity index (χ2n) is 2.62. The first kappa shape index (κ1) is 14.9. The van der Waals surface area contributed by atoms with Crippen LogP contribution >= 0.6 is 0 Å². The van der Waals surface area contributed by atoms with Crippen LogP contribution in [0.3, 0.4) is 0 Å². The summed E-state index contributed by atoms with van der Waals surface area (Å²) in [4.78, 5) is 0. The Hall–Kier alpha value is -0.110. The summed E-state index contributed by atoms with van der Waals surface area (Å²) in [7, 11) is -3.33. The maximum absolute atomic E-state index is 10.5. The average Bonchev–Trinajstić information content (AvgIpc) is 2.15. The summed E-state index contributed by atoms with van der Waals surface area (Å²) in [6, 6.07) is 5.69. The van der Waals surface area contributed by atoms with E-state index in [0.717, 1.165) is 0 Å². The van der Waals surface area contributed by atoms with Crippen molar-refractivity contribution in [3.05, 3.63) is 29.8 Å². The van der Waals surface area contributed by atoms with Crippen LogP contribution in [0.1, 0.15) is 11.0 Å². The van der Waals surface area contributed by atoms with E-state index in [1.54, 1.807) is 6.07 Å². The number of rotatable bonds is 3. The zero-order valence-corrected chi connectivity index (χ0v) is 11.2. The van der Waals surface area contributed by atoms with Gasteiger partial charge in [0.15, 0.2) is 5.44 Å². The van der Waals surface area contributed by atoms with E-state index in [1.807, 2.05) is 0 Å². The molecule has 0 aliphatic carbocycles. The third-order valence-corrected chi connectivity index (χ3v) is 2.47. The number of ether oxygens (including phenoxy) is 1. The SMILES string of the molecule is COc1cccc(C(O)S(=O)(=O)[O-])c1.[Na+]. The first-order valence-corrected chi connectivity index (χ1v) is 5.19. The molecule has 0 fully saturated rings. The van der Waals surface area contributed by atoms with E-state index >= 15 is 0 Å². The average molecular weight is 240 g/mol. The fraction of sp³-hybridized carbons (Fsp3) is 0.250. The van der Waals surface area contributed by atoms with Crippen molar-refractivity contribution in [3.8, 4) is 5.75 Å². The number of methoxy groups -OCH3 is 1. The van der Waals surface area contributed by atoms with Crippen molar-refractivity contribution in [1.29, 1.82) is 0 Å². The fourth-order valence-corrected chi connectivity index (χ4v) is 1.44. The first-order valence-electron chi connectivity index (χ1n) is 3.72. The van der Waals surface area contributed by atoms with Crippen LogP contribution in [0.15, 0.2) is 24.3 Å². The predicted octanol–water partition coefficient (Wildman–Crippen LogP) is -2.76. The molecule has 0 radical (unpaired) electrons. The molecule has 0 bridgehead atoms. The van der Waals surface area contributed by atoms with Crippen molar-refractivity contribution in [2.75, 3.05) is 7.11 Å². The molecule has 1 rings (SSSR count). The molecule has 1 atom stereocenters. The van der Waals surface area contributed by atoms with Crippen molar-refractivity contribution >= 4 is 10.1 Å². The molecule has 5 nitrogen and oxygen atoms in total. The molecule has 1 unspecified atom stereocenters. The van der Waals surface area contributed by atoms with E-state index in [0.29, 0.717) is 5.75 Å². The predicted molar refractivity (Wildman–Crippen MR) is 47.7 cm³/mol. The Morgan fingerprint density at radius 1 is 1.47 bits per heavy atom. The maximum Gasteiger partial charge on any atom is 1.00 e. The minimum absolute atomic E-state index is 0. The second kappa shape index (κ2) is 5.83. The van der Waals surface area contributed by atoms with Gasteiger partial charge < -0.3 is 14.4 Å². The van der Waals surface area contributed by atoms with Gasteiger partial charge in [0.1, 0.15) is 15.9 Å². The maximum atomic E-state index is 10.5. The summed E-state index contributed by atoms with van der Waals surface area (Å²) in [5.41, 5.74) is -2.04. The van der Waals surface area contributed by atoms with Crippen molar-refractivity contribution in [3.63, 3.8) is 0 Å². The van der Waals surface area contributed by atoms with Gasteiger partial charge in [0.25, 0.3) is 0 Å². The third kappa shape index (κ3) is 4.10. The van der Waals surface area contributed by atoms with Gasteiger partial charge in [-0.25, -0.2) is 8.42 Å². The van der Waals surface area contributed by atoms with Gasteiger partial charge in [0, 0.05) is 0 Å². The van der Waals surface area contributed by atoms with Crippen molar-refractivity contribution in [1.82, 2.24) is 0 Å². The molecule has 0 heterocycles. The smallest absolute Gasteiger partial charge is 0.746 e. The monoisotopic (exact) mass is 240 g/mol. The summed E-state index contributed by atoms with van der Waals surface area (Å²) in [5.74, 6) is 0.380. The Morgan fingerprint density at radius 2 is 2.07 bits per heavy atom. The molecule has 0 aliphatic heterocycles. The molecule has 1 N–H and O–H groups in total. The number of aliphatic hydroxyl groups is 1. The first-order chi connectivity index (χ1) is 6.45. The van der Waals surface area contributed by atoms with Crippen LogP contribution in [0.2, 0.25) is 0 Å². The van der Waals surface area contributed by atoms with Gasteiger partial charge in [0.2, 0.25) is 0 Å². The Labute approximate surface area is 110 Å². The minimum atomic E-state index is -4.73. The van der Waals surface area contributed by atoms with Gasteiger partial charge >= 0.3 is 29.6 Å². The molecule has 1 aromatic carbocycles. The number of benzene rings is 1. The van der Waals surface area contributed by atoms with E-state index in [-0.39, 0.29) is 35.1 Å². The molecule has 0 aromatic heterocycles. The van der Waals surface area contributed by atoms with Gasteiger partial charge in [-0.15, -0.1) is 0 Å². The molecule has 0 amide bonds. The van der Waals surface area contributed by atoms with Crippen LogP contribution in [0.25, 0.3) is 0 Å². The molecule has 0 saturated heterocycles. The van der Waals surface area contributed by atoms with Crippen LogP contribution in [0.4, 0.5) is 0 Å². The van der Waals surface area contributed by atoms with E-state index in [2.05, 4.69) is 0 Å². The molecule has 1 aromatic rings. The second-order valence-corrected chi connectivity index (χ2v) is 4.05. The van der Waals surface area contributed by atoms with Crippen molar-refractivity contribution < 1.29 is 52.4 Å². The normalized spacial score (nSPS) is 12.7. The number of hydrogen-bond donors (Lipinski definition) is 1. The molecule has 0 saturated carbocycles. The van der Waals surface area contributed by atoms with Gasteiger partial charge in [0.05, 0.1) is 7.11 Å². The van der Waals surface area contributed by atoms with Crippen LogP contribution in [0.5, 0.6) is 5.75 Å². The molecule has 7 heteroatoms. The standard InChI is InChI=1S/C8H10O5S.Na/c1-13-7-4-2-3-6(5-7)8(9)14(10,11)12;/h2-5,8-9H,1H3,(H,10,11,12);/q;+1/p-1. The molecular formula is C8H9NaO5S. The van der Waals surface area contributed by atoms with Crippen LogP contribution in [0, 0.1) is 0 Å². The van der Waals surface area contributed by atoms with E-state index in [4.69, 9.17) is 9.84 Å². The summed E-state index contributed by atoms with van der Waals surface area (Å²) < 4.78 is 36.3. The summed E-state index contributed by atoms with van der Waals surface area (Å²) >= 11 is 0. The Balaban J connectivity index is 0.00000196. The topological polar surface area (TPSA) is 86.7 Å². The summed E-state index contributed by atoms with van der Waals surface area (Å²) in [6.45, 7) is 0. The summed E-state index contributed by atoms with van der Waals surface area (Å²) in [6.07, 6.45) is 0. The van der Waals surface area contributed by atoms with Crippen LogP contribution in [-0.2, 0) is 10.1 Å². The van der Waals surface area contributed by atoms with Gasteiger partial charge in [-0.3, -0.25) is 0 Å². The van der Waals surface area contributed by atoms with E-state index in [1.165, 1.54) is 25.3 Å². The van der Waals surface area contributed by atoms with Crippen molar-refractivity contribution in [2.24, 2.45) is 0 Å². The van der Waals surface area contributed by atoms with Gasteiger partial charge in [-0.05, 0) is 17.7 Å². The third-order valence-electron chi connectivity index (χ3n) is 1.65. The molecule has 0 spiro atoms. The van der Waals surface area contributed by atoms with Gasteiger partial charge in [-0.2, -0.15) is 0 Å². The van der Waals surface area contributed by atoms with Crippen molar-refractivity contribution in [2.45, 2.75) is 5.44 Å². The zero-order valence-electron chi connectivity index (χ0n) is 8.38. The Kier molecular flexibility index (Phi) is 5.79. The quantitative estimate of drug-likeness (QED) is 0.456. The molecular weight excluding hydrogens is 231 g/mol. The fourth-order valence-electron chi connectivity index (χ4n) is 0.962. The largest absolute Gasteiger partial charge is 1.00 e. The van der Waals surface area contributed by atoms with E-state index < -0.39 is 15.6 Å². The van der Waals surface area contributed by atoms with E-state index in [9.17, 15) is 13.0 Å².